The summed E-state index contributed by atoms with van der Waals surface area (Å²) in [6.45, 7) is 0. The highest BCUT2D eigenvalue weighted by Crippen LogP contribution is 2.54. The van der Waals surface area contributed by atoms with Gasteiger partial charge >= 0.3 is 5.97 Å². The van der Waals surface area contributed by atoms with Gasteiger partial charge in [-0.1, -0.05) is 6.07 Å². The molecule has 1 aromatic heterocycles. The van der Waals surface area contributed by atoms with Crippen LogP contribution in [0.1, 0.15) is 24.4 Å². The molecule has 1 aliphatic rings. The molecule has 1 aliphatic carbocycles. The van der Waals surface area contributed by atoms with Gasteiger partial charge in [0.15, 0.2) is 0 Å². The third-order valence-corrected chi connectivity index (χ3v) is 4.08. The number of aryl methyl sites for hydroxylation is 1. The minimum absolute atomic E-state index is 0.207. The van der Waals surface area contributed by atoms with Crippen LogP contribution in [0.3, 0.4) is 0 Å². The number of rotatable bonds is 3. The van der Waals surface area contributed by atoms with Crippen molar-refractivity contribution in [1.29, 1.82) is 0 Å². The summed E-state index contributed by atoms with van der Waals surface area (Å²) in [4.78, 5) is 16.2. The van der Waals surface area contributed by atoms with E-state index in [1.165, 1.54) is 7.11 Å². The van der Waals surface area contributed by atoms with Gasteiger partial charge in [0.1, 0.15) is 0 Å². The number of fused-ring (bicyclic) bond motifs is 1. The van der Waals surface area contributed by atoms with Gasteiger partial charge in [0, 0.05) is 13.1 Å². The molecule has 2 N–H and O–H groups in total. The molecule has 0 amide bonds. The first-order chi connectivity index (χ1) is 9.08. The number of ether oxygens (including phenoxy) is 1. The monoisotopic (exact) mass is 259 g/mol. The predicted molar refractivity (Wildman–Crippen MR) is 71.3 cm³/mol. The Balaban J connectivity index is 1.98. The number of carbonyl (C=O) groups excluding carboxylic acids is 1. The van der Waals surface area contributed by atoms with Crippen molar-refractivity contribution < 1.29 is 9.53 Å². The highest BCUT2D eigenvalue weighted by molar-refractivity contribution is 5.82. The van der Waals surface area contributed by atoms with Gasteiger partial charge in [-0.2, -0.15) is 0 Å². The largest absolute Gasteiger partial charge is 0.469 e. The van der Waals surface area contributed by atoms with Gasteiger partial charge in [-0.25, -0.2) is 4.98 Å². The lowest BCUT2D eigenvalue weighted by atomic mass is 9.90. The Morgan fingerprint density at radius 3 is 2.89 bits per heavy atom. The molecule has 1 heterocycles. The number of methoxy groups -OCH3 is 1. The van der Waals surface area contributed by atoms with Crippen LogP contribution in [0.4, 0.5) is 0 Å². The molecular formula is C14H17N3O2. The average Bonchev–Trinajstić information content (AvgIpc) is 3.17. The SMILES string of the molecule is COC(=O)C1(C(N)c2ccc3c(c2)ncn3C)CC1. The maximum absolute atomic E-state index is 11.9. The van der Waals surface area contributed by atoms with Crippen LogP contribution in [0, 0.1) is 5.41 Å². The zero-order valence-corrected chi connectivity index (χ0v) is 11.1. The van der Waals surface area contributed by atoms with E-state index in [0.717, 1.165) is 29.4 Å². The second-order valence-corrected chi connectivity index (χ2v) is 5.23. The minimum Gasteiger partial charge on any atom is -0.469 e. The Morgan fingerprint density at radius 2 is 2.26 bits per heavy atom. The fourth-order valence-electron chi connectivity index (χ4n) is 2.65. The smallest absolute Gasteiger partial charge is 0.313 e. The maximum Gasteiger partial charge on any atom is 0.313 e. The fraction of sp³-hybridized carbons (Fsp3) is 0.429. The van der Waals surface area contributed by atoms with Crippen LogP contribution in [0.15, 0.2) is 24.5 Å². The number of benzene rings is 1. The highest BCUT2D eigenvalue weighted by atomic mass is 16.5. The molecule has 1 saturated carbocycles. The fourth-order valence-corrected chi connectivity index (χ4v) is 2.65. The van der Waals surface area contributed by atoms with Crippen molar-refractivity contribution in [3.05, 3.63) is 30.1 Å². The van der Waals surface area contributed by atoms with E-state index >= 15 is 0 Å². The van der Waals surface area contributed by atoms with Crippen LogP contribution in [0.25, 0.3) is 11.0 Å². The zero-order valence-electron chi connectivity index (χ0n) is 11.1. The van der Waals surface area contributed by atoms with Crippen molar-refractivity contribution in [3.8, 4) is 0 Å². The second-order valence-electron chi connectivity index (χ2n) is 5.23. The molecule has 0 bridgehead atoms. The highest BCUT2D eigenvalue weighted by Gasteiger charge is 2.56. The molecule has 2 aromatic rings. The van der Waals surface area contributed by atoms with Gasteiger partial charge in [0.25, 0.3) is 0 Å². The molecule has 0 spiro atoms. The van der Waals surface area contributed by atoms with E-state index in [2.05, 4.69) is 4.98 Å². The van der Waals surface area contributed by atoms with Crippen molar-refractivity contribution in [2.45, 2.75) is 18.9 Å². The Kier molecular flexibility index (Phi) is 2.60. The molecule has 1 unspecified atom stereocenters. The Morgan fingerprint density at radius 1 is 1.53 bits per heavy atom. The number of esters is 1. The summed E-state index contributed by atoms with van der Waals surface area (Å²) < 4.78 is 6.83. The zero-order chi connectivity index (χ0) is 13.6. The molecular weight excluding hydrogens is 242 g/mol. The maximum atomic E-state index is 11.9. The molecule has 1 atom stereocenters. The topological polar surface area (TPSA) is 70.1 Å². The summed E-state index contributed by atoms with van der Waals surface area (Å²) in [6.07, 6.45) is 3.36. The molecule has 3 rings (SSSR count). The molecule has 5 heteroatoms. The van der Waals surface area contributed by atoms with E-state index in [1.807, 2.05) is 29.8 Å². The molecule has 1 aromatic carbocycles. The van der Waals surface area contributed by atoms with E-state index in [4.69, 9.17) is 10.5 Å². The number of carbonyl (C=O) groups is 1. The van der Waals surface area contributed by atoms with Gasteiger partial charge in [-0.15, -0.1) is 0 Å². The van der Waals surface area contributed by atoms with Crippen LogP contribution in [0.5, 0.6) is 0 Å². The van der Waals surface area contributed by atoms with E-state index in [-0.39, 0.29) is 12.0 Å². The van der Waals surface area contributed by atoms with Crippen LogP contribution < -0.4 is 5.73 Å². The number of aromatic nitrogens is 2. The van der Waals surface area contributed by atoms with Crippen molar-refractivity contribution in [1.82, 2.24) is 9.55 Å². The molecule has 1 fully saturated rings. The first-order valence-electron chi connectivity index (χ1n) is 6.33. The molecule has 19 heavy (non-hydrogen) atoms. The lowest BCUT2D eigenvalue weighted by molar-refractivity contribution is -0.148. The normalized spacial score (nSPS) is 18.3. The number of nitrogens with zero attached hydrogens (tertiary/aromatic N) is 2. The average molecular weight is 259 g/mol. The van der Waals surface area contributed by atoms with Crippen LogP contribution in [-0.2, 0) is 16.6 Å². The summed E-state index contributed by atoms with van der Waals surface area (Å²) in [7, 11) is 3.36. The van der Waals surface area contributed by atoms with Crippen LogP contribution >= 0.6 is 0 Å². The van der Waals surface area contributed by atoms with Crippen molar-refractivity contribution >= 4 is 17.0 Å². The summed E-state index contributed by atoms with van der Waals surface area (Å²) >= 11 is 0. The van der Waals surface area contributed by atoms with E-state index in [1.54, 1.807) is 6.33 Å². The summed E-state index contributed by atoms with van der Waals surface area (Å²) in [5.41, 5.74) is 8.64. The first-order valence-corrected chi connectivity index (χ1v) is 6.33. The van der Waals surface area contributed by atoms with Gasteiger partial charge in [-0.3, -0.25) is 4.79 Å². The lowest BCUT2D eigenvalue weighted by Crippen LogP contribution is -2.31. The Bertz CT molecular complexity index is 643. The molecule has 0 aliphatic heterocycles. The van der Waals surface area contributed by atoms with Crippen LogP contribution in [-0.4, -0.2) is 22.6 Å². The Hall–Kier alpha value is -1.88. The van der Waals surface area contributed by atoms with Crippen LogP contribution in [0.2, 0.25) is 0 Å². The quantitative estimate of drug-likeness (QED) is 0.848. The number of imidazole rings is 1. The first kappa shape index (κ1) is 12.2. The second kappa shape index (κ2) is 4.06. The number of nitrogens with two attached hydrogens (primary N) is 1. The van der Waals surface area contributed by atoms with Gasteiger partial charge < -0.3 is 15.0 Å². The molecule has 5 nitrogen and oxygen atoms in total. The third-order valence-electron chi connectivity index (χ3n) is 4.08. The van der Waals surface area contributed by atoms with Crippen molar-refractivity contribution in [2.24, 2.45) is 18.2 Å². The van der Waals surface area contributed by atoms with Gasteiger partial charge in [0.2, 0.25) is 0 Å². The number of hydrogen-bond acceptors (Lipinski definition) is 4. The van der Waals surface area contributed by atoms with Gasteiger partial charge in [0.05, 0.1) is 29.9 Å². The van der Waals surface area contributed by atoms with Crippen molar-refractivity contribution in [2.75, 3.05) is 7.11 Å². The van der Waals surface area contributed by atoms with Crippen molar-refractivity contribution in [3.63, 3.8) is 0 Å². The standard InChI is InChI=1S/C14H17N3O2/c1-17-8-16-10-7-9(3-4-11(10)17)12(15)14(5-6-14)13(18)19-2/h3-4,7-8,12H,5-6,15H2,1-2H3. The summed E-state index contributed by atoms with van der Waals surface area (Å²) in [6, 6.07) is 5.59. The van der Waals surface area contributed by atoms with E-state index in [9.17, 15) is 4.79 Å². The van der Waals surface area contributed by atoms with E-state index < -0.39 is 5.41 Å². The predicted octanol–water partition coefficient (Wildman–Crippen LogP) is 1.53. The van der Waals surface area contributed by atoms with E-state index in [0.29, 0.717) is 0 Å². The molecule has 100 valence electrons. The molecule has 0 saturated heterocycles. The lowest BCUT2D eigenvalue weighted by Gasteiger charge is -2.21. The minimum atomic E-state index is -0.531. The van der Waals surface area contributed by atoms with Gasteiger partial charge in [-0.05, 0) is 30.5 Å². The summed E-state index contributed by atoms with van der Waals surface area (Å²) in [5.74, 6) is -0.207. The third kappa shape index (κ3) is 1.73. The Labute approximate surface area is 111 Å². The molecule has 0 radical (unpaired) electrons. The number of hydrogen-bond donors (Lipinski definition) is 1. The summed E-state index contributed by atoms with van der Waals surface area (Å²) in [5, 5.41) is 0.